The molecule has 100 valence electrons. The lowest BCUT2D eigenvalue weighted by molar-refractivity contribution is 0.0601. The van der Waals surface area contributed by atoms with Crippen molar-refractivity contribution in [2.24, 2.45) is 7.05 Å². The molecule has 1 fully saturated rings. The highest BCUT2D eigenvalue weighted by molar-refractivity contribution is 5.98. The SMILES string of the molecule is CCCC1CCCCN1C(=O)c1cnn(C)c1N. The molecule has 0 aromatic carbocycles. The van der Waals surface area contributed by atoms with Gasteiger partial charge in [0.15, 0.2) is 0 Å². The summed E-state index contributed by atoms with van der Waals surface area (Å²) in [5, 5.41) is 4.05. The minimum Gasteiger partial charge on any atom is -0.383 e. The Bertz CT molecular complexity index is 425. The van der Waals surface area contributed by atoms with Crippen molar-refractivity contribution in [1.29, 1.82) is 0 Å². The van der Waals surface area contributed by atoms with E-state index >= 15 is 0 Å². The van der Waals surface area contributed by atoms with Gasteiger partial charge in [-0.05, 0) is 25.7 Å². The van der Waals surface area contributed by atoms with Crippen LogP contribution >= 0.6 is 0 Å². The van der Waals surface area contributed by atoms with Crippen molar-refractivity contribution in [3.8, 4) is 0 Å². The molecule has 0 saturated carbocycles. The van der Waals surface area contributed by atoms with Crippen LogP contribution in [0.4, 0.5) is 5.82 Å². The number of nitrogens with zero attached hydrogens (tertiary/aromatic N) is 3. The molecule has 1 unspecified atom stereocenters. The quantitative estimate of drug-likeness (QED) is 0.889. The largest absolute Gasteiger partial charge is 0.383 e. The number of nitrogens with two attached hydrogens (primary N) is 1. The maximum atomic E-state index is 12.5. The topological polar surface area (TPSA) is 64.2 Å². The first-order valence-electron chi connectivity index (χ1n) is 6.73. The highest BCUT2D eigenvalue weighted by Crippen LogP contribution is 2.24. The van der Waals surface area contributed by atoms with Crippen molar-refractivity contribution in [3.63, 3.8) is 0 Å². The molecule has 1 atom stereocenters. The molecule has 0 bridgehead atoms. The van der Waals surface area contributed by atoms with E-state index in [1.807, 2.05) is 4.90 Å². The van der Waals surface area contributed by atoms with E-state index in [0.29, 0.717) is 17.4 Å². The molecule has 5 nitrogen and oxygen atoms in total. The zero-order valence-corrected chi connectivity index (χ0v) is 11.2. The number of rotatable bonds is 3. The molecule has 18 heavy (non-hydrogen) atoms. The molecule has 1 amide bonds. The summed E-state index contributed by atoms with van der Waals surface area (Å²) in [4.78, 5) is 14.5. The third-order valence-corrected chi connectivity index (χ3v) is 3.72. The van der Waals surface area contributed by atoms with Crippen molar-refractivity contribution >= 4 is 11.7 Å². The van der Waals surface area contributed by atoms with Crippen LogP contribution in [0.25, 0.3) is 0 Å². The average molecular weight is 250 g/mol. The van der Waals surface area contributed by atoms with Crippen LogP contribution in [-0.2, 0) is 7.05 Å². The van der Waals surface area contributed by atoms with Crippen molar-refractivity contribution in [2.75, 3.05) is 12.3 Å². The summed E-state index contributed by atoms with van der Waals surface area (Å²) >= 11 is 0. The zero-order chi connectivity index (χ0) is 13.1. The van der Waals surface area contributed by atoms with Gasteiger partial charge in [0, 0.05) is 19.6 Å². The van der Waals surface area contributed by atoms with Crippen molar-refractivity contribution in [3.05, 3.63) is 11.8 Å². The van der Waals surface area contributed by atoms with Gasteiger partial charge in [0.25, 0.3) is 5.91 Å². The van der Waals surface area contributed by atoms with E-state index in [9.17, 15) is 4.79 Å². The maximum Gasteiger partial charge on any atom is 0.259 e. The molecule has 2 heterocycles. The summed E-state index contributed by atoms with van der Waals surface area (Å²) in [6.07, 6.45) is 7.18. The Morgan fingerprint density at radius 1 is 1.56 bits per heavy atom. The molecule has 2 N–H and O–H groups in total. The van der Waals surface area contributed by atoms with Crippen LogP contribution in [0, 0.1) is 0 Å². The zero-order valence-electron chi connectivity index (χ0n) is 11.2. The van der Waals surface area contributed by atoms with Crippen LogP contribution in [0.3, 0.4) is 0 Å². The Hall–Kier alpha value is -1.52. The molecule has 5 heteroatoms. The molecule has 0 radical (unpaired) electrons. The number of anilines is 1. The Morgan fingerprint density at radius 3 is 2.94 bits per heavy atom. The summed E-state index contributed by atoms with van der Waals surface area (Å²) in [5.74, 6) is 0.500. The van der Waals surface area contributed by atoms with Gasteiger partial charge >= 0.3 is 0 Å². The van der Waals surface area contributed by atoms with Crippen LogP contribution in [0.5, 0.6) is 0 Å². The number of hydrogen-bond acceptors (Lipinski definition) is 3. The monoisotopic (exact) mass is 250 g/mol. The molecule has 2 rings (SSSR count). The first kappa shape index (κ1) is 12.9. The fraction of sp³-hybridized carbons (Fsp3) is 0.692. The Kier molecular flexibility index (Phi) is 3.89. The Morgan fingerprint density at radius 2 is 2.33 bits per heavy atom. The van der Waals surface area contributed by atoms with Crippen LogP contribution < -0.4 is 5.73 Å². The van der Waals surface area contributed by atoms with Gasteiger partial charge in [0.05, 0.1) is 6.20 Å². The highest BCUT2D eigenvalue weighted by Gasteiger charge is 2.28. The molecule has 1 aliphatic rings. The molecule has 0 spiro atoms. The summed E-state index contributed by atoms with van der Waals surface area (Å²) in [6, 6.07) is 0.371. The van der Waals surface area contributed by atoms with Gasteiger partial charge in [0.2, 0.25) is 0 Å². The van der Waals surface area contributed by atoms with E-state index in [4.69, 9.17) is 5.73 Å². The number of aryl methyl sites for hydroxylation is 1. The Balaban J connectivity index is 2.18. The molecular formula is C13H22N4O. The number of aromatic nitrogens is 2. The number of likely N-dealkylation sites (tertiary alicyclic amines) is 1. The second-order valence-electron chi connectivity index (χ2n) is 5.00. The van der Waals surface area contributed by atoms with Crippen molar-refractivity contribution in [2.45, 2.75) is 45.1 Å². The third kappa shape index (κ3) is 2.35. The second kappa shape index (κ2) is 5.42. The van der Waals surface area contributed by atoms with Gasteiger partial charge in [-0.25, -0.2) is 0 Å². The van der Waals surface area contributed by atoms with E-state index < -0.39 is 0 Å². The predicted molar refractivity (Wildman–Crippen MR) is 71.2 cm³/mol. The number of amides is 1. The van der Waals surface area contributed by atoms with E-state index in [1.165, 1.54) is 6.42 Å². The standard InChI is InChI=1S/C13H22N4O/c1-3-6-10-7-4-5-8-17(10)13(18)11-9-15-16(2)12(11)14/h9-10H,3-8,14H2,1-2H3. The van der Waals surface area contributed by atoms with Gasteiger partial charge < -0.3 is 10.6 Å². The van der Waals surface area contributed by atoms with E-state index in [-0.39, 0.29) is 5.91 Å². The molecule has 0 aliphatic carbocycles. The van der Waals surface area contributed by atoms with E-state index in [2.05, 4.69) is 12.0 Å². The fourth-order valence-electron chi connectivity index (χ4n) is 2.67. The van der Waals surface area contributed by atoms with Gasteiger partial charge in [-0.2, -0.15) is 5.10 Å². The van der Waals surface area contributed by atoms with E-state index in [1.54, 1.807) is 17.9 Å². The van der Waals surface area contributed by atoms with Crippen LogP contribution in [0.15, 0.2) is 6.20 Å². The van der Waals surface area contributed by atoms with Crippen molar-refractivity contribution < 1.29 is 4.79 Å². The summed E-state index contributed by atoms with van der Waals surface area (Å²) < 4.78 is 1.55. The minimum absolute atomic E-state index is 0.0405. The second-order valence-corrected chi connectivity index (χ2v) is 5.00. The Labute approximate surface area is 108 Å². The lowest BCUT2D eigenvalue weighted by Gasteiger charge is -2.35. The van der Waals surface area contributed by atoms with Crippen LogP contribution in [0.2, 0.25) is 0 Å². The maximum absolute atomic E-state index is 12.5. The summed E-state index contributed by atoms with van der Waals surface area (Å²) in [7, 11) is 1.76. The van der Waals surface area contributed by atoms with Crippen LogP contribution in [0.1, 0.15) is 49.4 Å². The molecule has 1 aromatic rings. The van der Waals surface area contributed by atoms with Gasteiger partial charge in [0.1, 0.15) is 11.4 Å². The normalized spacial score (nSPS) is 20.1. The number of nitrogen functional groups attached to an aromatic ring is 1. The number of carbonyl (C=O) groups is 1. The minimum atomic E-state index is 0.0405. The lowest BCUT2D eigenvalue weighted by atomic mass is 9.97. The number of carbonyl (C=O) groups excluding carboxylic acids is 1. The molecule has 1 aliphatic heterocycles. The summed E-state index contributed by atoms with van der Waals surface area (Å²) in [5.41, 5.74) is 6.42. The third-order valence-electron chi connectivity index (χ3n) is 3.72. The molecular weight excluding hydrogens is 228 g/mol. The molecule has 1 saturated heterocycles. The fourth-order valence-corrected chi connectivity index (χ4v) is 2.67. The first-order chi connectivity index (χ1) is 8.65. The lowest BCUT2D eigenvalue weighted by Crippen LogP contribution is -2.43. The van der Waals surface area contributed by atoms with Gasteiger partial charge in [-0.15, -0.1) is 0 Å². The smallest absolute Gasteiger partial charge is 0.259 e. The highest BCUT2D eigenvalue weighted by atomic mass is 16.2. The van der Waals surface area contributed by atoms with E-state index in [0.717, 1.165) is 32.2 Å². The molecule has 1 aromatic heterocycles. The average Bonchev–Trinajstić information content (AvgIpc) is 2.70. The number of piperidine rings is 1. The van der Waals surface area contributed by atoms with Gasteiger partial charge in [-0.3, -0.25) is 9.48 Å². The van der Waals surface area contributed by atoms with Crippen LogP contribution in [-0.4, -0.2) is 33.2 Å². The predicted octanol–water partition coefficient (Wildman–Crippen LogP) is 1.80. The van der Waals surface area contributed by atoms with Crippen molar-refractivity contribution in [1.82, 2.24) is 14.7 Å². The number of hydrogen-bond donors (Lipinski definition) is 1. The van der Waals surface area contributed by atoms with Gasteiger partial charge in [-0.1, -0.05) is 13.3 Å². The summed E-state index contributed by atoms with van der Waals surface area (Å²) in [6.45, 7) is 3.01. The first-order valence-corrected chi connectivity index (χ1v) is 6.73.